The number of halogens is 3. The first-order valence-corrected chi connectivity index (χ1v) is 10.2. The Hall–Kier alpha value is -1.90. The summed E-state index contributed by atoms with van der Waals surface area (Å²) in [4.78, 5) is 0. The highest BCUT2D eigenvalue weighted by atomic mass is 32.2. The van der Waals surface area contributed by atoms with Crippen molar-refractivity contribution >= 4 is 34.8 Å². The van der Waals surface area contributed by atoms with Crippen LogP contribution in [0.5, 0.6) is 0 Å². The van der Waals surface area contributed by atoms with Gasteiger partial charge in [-0.25, -0.2) is 0 Å². The molecule has 0 heterocycles. The van der Waals surface area contributed by atoms with E-state index in [1.165, 1.54) is 19.4 Å². The lowest BCUT2D eigenvalue weighted by Crippen LogP contribution is -2.25. The smallest absolute Gasteiger partial charge is 0.416 e. The van der Waals surface area contributed by atoms with Gasteiger partial charge < -0.3 is 9.29 Å². The lowest BCUT2D eigenvalue weighted by atomic mass is 9.91. The molecule has 0 spiro atoms. The molecule has 0 fully saturated rings. The summed E-state index contributed by atoms with van der Waals surface area (Å²) < 4.78 is 60.7. The standard InChI is InChI=1S/C21H22F3NO2S2/c1-13-7-6-8-17(19(28)27-5)18(13)16-10-9-15(21(22,23)24)11-14(16)12-25-29(26)20(2,3)4/h6-12H,1-5H3/b25-12+. The van der Waals surface area contributed by atoms with Gasteiger partial charge in [0.1, 0.15) is 16.1 Å². The van der Waals surface area contributed by atoms with Crippen molar-refractivity contribution in [2.75, 3.05) is 7.11 Å². The number of hydrogen-bond donors (Lipinski definition) is 0. The van der Waals surface area contributed by atoms with Crippen molar-refractivity contribution in [1.29, 1.82) is 0 Å². The number of benzene rings is 2. The monoisotopic (exact) mass is 441 g/mol. The zero-order valence-electron chi connectivity index (χ0n) is 16.8. The number of methoxy groups -OCH3 is 1. The van der Waals surface area contributed by atoms with Gasteiger partial charge in [0, 0.05) is 11.1 Å². The molecule has 2 aromatic carbocycles. The van der Waals surface area contributed by atoms with Crippen LogP contribution in [0.25, 0.3) is 11.1 Å². The molecule has 0 saturated heterocycles. The Labute approximate surface area is 177 Å². The number of nitrogens with zero attached hydrogens (tertiary/aromatic N) is 1. The summed E-state index contributed by atoms with van der Waals surface area (Å²) in [5.41, 5.74) is 1.94. The molecule has 0 aliphatic carbocycles. The lowest BCUT2D eigenvalue weighted by Gasteiger charge is -2.19. The second kappa shape index (κ2) is 8.85. The molecule has 0 aliphatic rings. The number of alkyl halides is 3. The van der Waals surface area contributed by atoms with E-state index in [4.69, 9.17) is 17.0 Å². The molecule has 2 rings (SSSR count). The fraction of sp³-hybridized carbons (Fsp3) is 0.333. The molecular formula is C21H22F3NO2S2. The maximum absolute atomic E-state index is 13.3. The quantitative estimate of drug-likeness (QED) is 0.338. The van der Waals surface area contributed by atoms with E-state index in [9.17, 15) is 17.7 Å². The van der Waals surface area contributed by atoms with E-state index in [2.05, 4.69) is 4.40 Å². The van der Waals surface area contributed by atoms with Crippen molar-refractivity contribution in [3.05, 3.63) is 58.7 Å². The summed E-state index contributed by atoms with van der Waals surface area (Å²) in [5.74, 6) is 0. The summed E-state index contributed by atoms with van der Waals surface area (Å²) in [6.07, 6.45) is -3.28. The predicted molar refractivity (Wildman–Crippen MR) is 116 cm³/mol. The number of thiocarbonyl (C=S) groups is 1. The molecular weight excluding hydrogens is 419 g/mol. The molecule has 0 radical (unpaired) electrons. The van der Waals surface area contributed by atoms with Gasteiger partial charge in [0.2, 0.25) is 0 Å². The van der Waals surface area contributed by atoms with Crippen LogP contribution < -0.4 is 0 Å². The van der Waals surface area contributed by atoms with Gasteiger partial charge >= 0.3 is 6.18 Å². The minimum atomic E-state index is -4.51. The van der Waals surface area contributed by atoms with Crippen molar-refractivity contribution in [2.45, 2.75) is 38.6 Å². The molecule has 0 aliphatic heterocycles. The summed E-state index contributed by atoms with van der Waals surface area (Å²) in [6.45, 7) is 7.06. The van der Waals surface area contributed by atoms with Crippen LogP contribution in [0.4, 0.5) is 13.2 Å². The van der Waals surface area contributed by atoms with Crippen molar-refractivity contribution in [2.24, 2.45) is 4.40 Å². The van der Waals surface area contributed by atoms with Gasteiger partial charge in [-0.15, -0.1) is 0 Å². The Balaban J connectivity index is 2.73. The van der Waals surface area contributed by atoms with Crippen LogP contribution in [-0.4, -0.2) is 27.7 Å². The Kier molecular flexibility index (Phi) is 7.14. The highest BCUT2D eigenvalue weighted by molar-refractivity contribution is 7.91. The molecule has 156 valence electrons. The number of ether oxygens (including phenoxy) is 1. The first-order valence-electron chi connectivity index (χ1n) is 8.72. The first kappa shape index (κ1) is 23.4. The van der Waals surface area contributed by atoms with Gasteiger partial charge in [0.15, 0.2) is 5.05 Å². The van der Waals surface area contributed by atoms with Gasteiger partial charge in [-0.1, -0.05) is 22.6 Å². The summed E-state index contributed by atoms with van der Waals surface area (Å²) >= 11 is 3.65. The SMILES string of the molecule is COC(=S)c1cccc(C)c1-c1ccc(C(F)(F)F)cc1/C=N/[S+]([O-])C(C)(C)C. The molecule has 29 heavy (non-hydrogen) atoms. The number of aryl methyl sites for hydroxylation is 1. The van der Waals surface area contributed by atoms with Crippen LogP contribution in [-0.2, 0) is 22.3 Å². The minimum absolute atomic E-state index is 0.201. The van der Waals surface area contributed by atoms with Crippen LogP contribution in [0.3, 0.4) is 0 Å². The molecule has 8 heteroatoms. The third kappa shape index (κ3) is 5.58. The van der Waals surface area contributed by atoms with E-state index in [1.807, 2.05) is 13.0 Å². The Morgan fingerprint density at radius 3 is 2.38 bits per heavy atom. The van der Waals surface area contributed by atoms with Gasteiger partial charge in [-0.2, -0.15) is 13.2 Å². The maximum Gasteiger partial charge on any atom is 0.416 e. The largest absolute Gasteiger partial charge is 0.591 e. The van der Waals surface area contributed by atoms with Crippen molar-refractivity contribution < 1.29 is 22.5 Å². The average Bonchev–Trinajstić information content (AvgIpc) is 2.63. The minimum Gasteiger partial charge on any atom is -0.591 e. The van der Waals surface area contributed by atoms with E-state index in [0.29, 0.717) is 16.7 Å². The zero-order valence-corrected chi connectivity index (χ0v) is 18.4. The molecule has 0 amide bonds. The van der Waals surface area contributed by atoms with E-state index < -0.39 is 27.8 Å². The summed E-state index contributed by atoms with van der Waals surface area (Å²) in [5, 5.41) is 0.227. The summed E-state index contributed by atoms with van der Waals surface area (Å²) in [7, 11) is 1.44. The van der Waals surface area contributed by atoms with Crippen molar-refractivity contribution in [3.8, 4) is 11.1 Å². The lowest BCUT2D eigenvalue weighted by molar-refractivity contribution is -0.137. The van der Waals surface area contributed by atoms with E-state index in [-0.39, 0.29) is 10.6 Å². The van der Waals surface area contributed by atoms with Crippen molar-refractivity contribution in [1.82, 2.24) is 0 Å². The van der Waals surface area contributed by atoms with Crippen molar-refractivity contribution in [3.63, 3.8) is 0 Å². The Bertz CT molecular complexity index is 934. The molecule has 0 bridgehead atoms. The van der Waals surface area contributed by atoms with Crippen LogP contribution in [0.1, 0.15) is 43.0 Å². The fourth-order valence-electron chi connectivity index (χ4n) is 2.64. The molecule has 0 N–H and O–H groups in total. The van der Waals surface area contributed by atoms with Gasteiger partial charge in [0.25, 0.3) is 0 Å². The molecule has 1 atom stereocenters. The second-order valence-electron chi connectivity index (χ2n) is 7.38. The zero-order chi connectivity index (χ0) is 22.0. The molecule has 0 saturated carbocycles. The summed E-state index contributed by atoms with van der Waals surface area (Å²) in [6, 6.07) is 8.79. The highest BCUT2D eigenvalue weighted by Crippen LogP contribution is 2.36. The first-order chi connectivity index (χ1) is 13.4. The van der Waals surface area contributed by atoms with Crippen LogP contribution in [0, 0.1) is 6.92 Å². The highest BCUT2D eigenvalue weighted by Gasteiger charge is 2.32. The number of rotatable bonds is 4. The molecule has 1 unspecified atom stereocenters. The number of hydrogen-bond acceptors (Lipinski definition) is 4. The van der Waals surface area contributed by atoms with Crippen LogP contribution in [0.15, 0.2) is 40.8 Å². The third-order valence-electron chi connectivity index (χ3n) is 4.14. The average molecular weight is 442 g/mol. The second-order valence-corrected chi connectivity index (χ2v) is 9.69. The third-order valence-corrected chi connectivity index (χ3v) is 5.87. The van der Waals surface area contributed by atoms with Gasteiger partial charge in [0.05, 0.1) is 18.9 Å². The normalized spacial score (nSPS) is 13.6. The Morgan fingerprint density at radius 2 is 1.83 bits per heavy atom. The van der Waals surface area contributed by atoms with Crippen LogP contribution in [0.2, 0.25) is 0 Å². The van der Waals surface area contributed by atoms with Gasteiger partial charge in [-0.05, 0) is 74.8 Å². The molecule has 2 aromatic rings. The topological polar surface area (TPSA) is 44.6 Å². The molecule has 0 aromatic heterocycles. The van der Waals surface area contributed by atoms with Gasteiger partial charge in [-0.3, -0.25) is 0 Å². The Morgan fingerprint density at radius 1 is 1.17 bits per heavy atom. The predicted octanol–water partition coefficient (Wildman–Crippen LogP) is 5.88. The molecule has 3 nitrogen and oxygen atoms in total. The maximum atomic E-state index is 13.3. The van der Waals surface area contributed by atoms with E-state index in [1.54, 1.807) is 32.9 Å². The van der Waals surface area contributed by atoms with Crippen LogP contribution >= 0.6 is 12.2 Å². The van der Waals surface area contributed by atoms with E-state index in [0.717, 1.165) is 17.7 Å². The van der Waals surface area contributed by atoms with E-state index >= 15 is 0 Å². The fourth-order valence-corrected chi connectivity index (χ4v) is 3.34.